The van der Waals surface area contributed by atoms with Crippen LogP contribution in [0.4, 0.5) is 24.8 Å². The van der Waals surface area contributed by atoms with Gasteiger partial charge in [-0.3, -0.25) is 0 Å². The van der Waals surface area contributed by atoms with E-state index in [0.717, 1.165) is 6.42 Å². The van der Waals surface area contributed by atoms with Gasteiger partial charge in [-0.05, 0) is 26.2 Å². The largest absolute Gasteiger partial charge is 0.451 e. The number of rotatable bonds is 6. The molecular formula is C13H21F3N4. The van der Waals surface area contributed by atoms with Crippen LogP contribution in [0.1, 0.15) is 39.9 Å². The van der Waals surface area contributed by atoms with E-state index in [4.69, 9.17) is 0 Å². The molecule has 0 bridgehead atoms. The van der Waals surface area contributed by atoms with Gasteiger partial charge < -0.3 is 10.6 Å². The average Bonchev–Trinajstić information content (AvgIpc) is 2.26. The van der Waals surface area contributed by atoms with Gasteiger partial charge in [0, 0.05) is 18.7 Å². The lowest BCUT2D eigenvalue weighted by Gasteiger charge is -2.18. The van der Waals surface area contributed by atoms with E-state index >= 15 is 0 Å². The molecule has 1 unspecified atom stereocenters. The van der Waals surface area contributed by atoms with E-state index in [0.29, 0.717) is 12.5 Å². The molecule has 0 aromatic carbocycles. The molecule has 114 valence electrons. The minimum Gasteiger partial charge on any atom is -0.370 e. The van der Waals surface area contributed by atoms with Crippen LogP contribution in [-0.2, 0) is 6.18 Å². The van der Waals surface area contributed by atoms with Gasteiger partial charge in [0.1, 0.15) is 11.6 Å². The Morgan fingerprint density at radius 3 is 2.25 bits per heavy atom. The number of nitrogens with one attached hydrogen (secondary N) is 2. The molecule has 0 fully saturated rings. The normalized spacial score (nSPS) is 13.4. The summed E-state index contributed by atoms with van der Waals surface area (Å²) in [6.07, 6.45) is -3.70. The Hall–Kier alpha value is -1.53. The fraction of sp³-hybridized carbons (Fsp3) is 0.692. The van der Waals surface area contributed by atoms with Crippen molar-refractivity contribution < 1.29 is 13.2 Å². The molecule has 1 aromatic rings. The monoisotopic (exact) mass is 290 g/mol. The number of aromatic nitrogens is 2. The van der Waals surface area contributed by atoms with Crippen molar-refractivity contribution in [3.63, 3.8) is 0 Å². The molecule has 1 atom stereocenters. The Balaban J connectivity index is 2.97. The summed E-state index contributed by atoms with van der Waals surface area (Å²) < 4.78 is 38.3. The summed E-state index contributed by atoms with van der Waals surface area (Å²) in [6.45, 7) is 8.33. The van der Waals surface area contributed by atoms with E-state index in [9.17, 15) is 13.2 Å². The Morgan fingerprint density at radius 2 is 1.75 bits per heavy atom. The molecule has 1 aromatic heterocycles. The molecule has 2 N–H and O–H groups in total. The predicted octanol–water partition coefficient (Wildman–Crippen LogP) is 3.77. The summed E-state index contributed by atoms with van der Waals surface area (Å²) in [4.78, 5) is 7.02. The van der Waals surface area contributed by atoms with Crippen LogP contribution in [0.3, 0.4) is 0 Å². The van der Waals surface area contributed by atoms with Gasteiger partial charge in [0.05, 0.1) is 0 Å². The summed E-state index contributed by atoms with van der Waals surface area (Å²) in [6, 6.07) is 1.54. The van der Waals surface area contributed by atoms with Gasteiger partial charge in [0.2, 0.25) is 5.82 Å². The van der Waals surface area contributed by atoms with Crippen LogP contribution in [0.5, 0.6) is 0 Å². The molecule has 0 saturated carbocycles. The van der Waals surface area contributed by atoms with E-state index in [1.54, 1.807) is 6.92 Å². The van der Waals surface area contributed by atoms with Crippen molar-refractivity contribution >= 4 is 11.6 Å². The number of alkyl halides is 3. The molecule has 4 nitrogen and oxygen atoms in total. The zero-order valence-electron chi connectivity index (χ0n) is 12.2. The Morgan fingerprint density at radius 1 is 1.15 bits per heavy atom. The third kappa shape index (κ3) is 5.22. The van der Waals surface area contributed by atoms with Crippen molar-refractivity contribution in [2.75, 3.05) is 17.2 Å². The van der Waals surface area contributed by atoms with Crippen molar-refractivity contribution in [2.24, 2.45) is 5.92 Å². The summed E-state index contributed by atoms with van der Waals surface area (Å²) in [5, 5.41) is 5.78. The number of nitrogens with zero attached hydrogens (tertiary/aromatic N) is 2. The molecule has 1 heterocycles. The van der Waals surface area contributed by atoms with Gasteiger partial charge in [-0.25, -0.2) is 9.97 Å². The van der Waals surface area contributed by atoms with Gasteiger partial charge in [-0.1, -0.05) is 13.8 Å². The minimum atomic E-state index is -4.55. The molecular weight excluding hydrogens is 269 g/mol. The molecule has 20 heavy (non-hydrogen) atoms. The average molecular weight is 290 g/mol. The maximum absolute atomic E-state index is 12.8. The van der Waals surface area contributed by atoms with Crippen molar-refractivity contribution in [2.45, 2.75) is 46.3 Å². The topological polar surface area (TPSA) is 49.8 Å². The van der Waals surface area contributed by atoms with Crippen molar-refractivity contribution in [3.05, 3.63) is 11.9 Å². The van der Waals surface area contributed by atoms with Crippen LogP contribution in [-0.4, -0.2) is 22.6 Å². The van der Waals surface area contributed by atoms with Crippen LogP contribution in [0.2, 0.25) is 0 Å². The fourth-order valence-electron chi connectivity index (χ4n) is 1.94. The highest BCUT2D eigenvalue weighted by Crippen LogP contribution is 2.28. The molecule has 0 saturated heterocycles. The predicted molar refractivity (Wildman–Crippen MR) is 73.7 cm³/mol. The molecule has 0 radical (unpaired) electrons. The Kier molecular flexibility index (Phi) is 5.59. The van der Waals surface area contributed by atoms with Crippen LogP contribution in [0, 0.1) is 5.92 Å². The van der Waals surface area contributed by atoms with Gasteiger partial charge in [-0.15, -0.1) is 0 Å². The number of anilines is 2. The highest BCUT2D eigenvalue weighted by molar-refractivity contribution is 5.48. The molecule has 0 aliphatic carbocycles. The van der Waals surface area contributed by atoms with Crippen LogP contribution < -0.4 is 10.6 Å². The quantitative estimate of drug-likeness (QED) is 0.837. The standard InChI is InChI=1S/C13H21F3N4/c1-5-17-10-7-11(18-9(4)6-8(2)3)20-12(19-10)13(14,15)16/h7-9H,5-6H2,1-4H3,(H2,17,18,19,20). The SMILES string of the molecule is CCNc1cc(NC(C)CC(C)C)nc(C(F)(F)F)n1. The molecule has 0 aliphatic rings. The molecule has 7 heteroatoms. The van der Waals surface area contributed by atoms with E-state index in [2.05, 4.69) is 34.4 Å². The number of hydrogen-bond donors (Lipinski definition) is 2. The van der Waals surface area contributed by atoms with Gasteiger partial charge in [0.25, 0.3) is 0 Å². The van der Waals surface area contributed by atoms with E-state index in [-0.39, 0.29) is 17.7 Å². The van der Waals surface area contributed by atoms with Crippen LogP contribution >= 0.6 is 0 Å². The van der Waals surface area contributed by atoms with Crippen LogP contribution in [0.25, 0.3) is 0 Å². The van der Waals surface area contributed by atoms with Crippen molar-refractivity contribution in [1.82, 2.24) is 9.97 Å². The third-order valence-corrected chi connectivity index (χ3v) is 2.56. The summed E-state index contributed by atoms with van der Waals surface area (Å²) >= 11 is 0. The fourth-order valence-corrected chi connectivity index (χ4v) is 1.94. The van der Waals surface area contributed by atoms with E-state index < -0.39 is 12.0 Å². The van der Waals surface area contributed by atoms with Gasteiger partial charge >= 0.3 is 6.18 Å². The lowest BCUT2D eigenvalue weighted by atomic mass is 10.1. The highest BCUT2D eigenvalue weighted by atomic mass is 19.4. The molecule has 0 spiro atoms. The summed E-state index contributed by atoms with van der Waals surface area (Å²) in [5.41, 5.74) is 0. The maximum Gasteiger partial charge on any atom is 0.451 e. The Bertz CT molecular complexity index is 432. The zero-order valence-corrected chi connectivity index (χ0v) is 12.2. The number of hydrogen-bond acceptors (Lipinski definition) is 4. The maximum atomic E-state index is 12.8. The van der Waals surface area contributed by atoms with Crippen LogP contribution in [0.15, 0.2) is 6.07 Å². The first-order chi connectivity index (χ1) is 9.22. The lowest BCUT2D eigenvalue weighted by Crippen LogP contribution is -2.21. The van der Waals surface area contributed by atoms with Gasteiger partial charge in [-0.2, -0.15) is 13.2 Å². The third-order valence-electron chi connectivity index (χ3n) is 2.56. The molecule has 0 amide bonds. The number of halogens is 3. The Labute approximate surface area is 117 Å². The van der Waals surface area contributed by atoms with E-state index in [1.165, 1.54) is 6.07 Å². The molecule has 0 aliphatic heterocycles. The second-order valence-corrected chi connectivity index (χ2v) is 5.17. The zero-order chi connectivity index (χ0) is 15.3. The second kappa shape index (κ2) is 6.76. The smallest absolute Gasteiger partial charge is 0.370 e. The van der Waals surface area contributed by atoms with Crippen molar-refractivity contribution in [3.8, 4) is 0 Å². The van der Waals surface area contributed by atoms with Crippen molar-refractivity contribution in [1.29, 1.82) is 0 Å². The first-order valence-electron chi connectivity index (χ1n) is 6.69. The summed E-state index contributed by atoms with van der Waals surface area (Å²) in [5.74, 6) is -0.310. The van der Waals surface area contributed by atoms with Gasteiger partial charge in [0.15, 0.2) is 0 Å². The summed E-state index contributed by atoms with van der Waals surface area (Å²) in [7, 11) is 0. The first kappa shape index (κ1) is 16.5. The molecule has 1 rings (SSSR count). The van der Waals surface area contributed by atoms with E-state index in [1.807, 2.05) is 6.92 Å². The first-order valence-corrected chi connectivity index (χ1v) is 6.69. The second-order valence-electron chi connectivity index (χ2n) is 5.17. The lowest BCUT2D eigenvalue weighted by molar-refractivity contribution is -0.144. The minimum absolute atomic E-state index is 0.0421. The highest BCUT2D eigenvalue weighted by Gasteiger charge is 2.35.